The Morgan fingerprint density at radius 3 is 2.56 bits per heavy atom. The lowest BCUT2D eigenvalue weighted by molar-refractivity contribution is -0.121. The number of nitrogens with zero attached hydrogens (tertiary/aromatic N) is 3. The van der Waals surface area contributed by atoms with E-state index in [0.717, 1.165) is 38.4 Å². The summed E-state index contributed by atoms with van der Waals surface area (Å²) < 4.78 is 2.16. The van der Waals surface area contributed by atoms with Crippen LogP contribution in [0.5, 0.6) is 0 Å². The SMILES string of the molecule is Cc1nccn1CCCN1C[C@H](NC(=O)CNC(N)=O)[C@@H](C(C)C)C1.Cl.Cl. The van der Waals surface area contributed by atoms with Gasteiger partial charge in [0.1, 0.15) is 5.82 Å². The Bertz CT molecular complexity index is 596. The van der Waals surface area contributed by atoms with E-state index in [2.05, 4.69) is 38.9 Å². The van der Waals surface area contributed by atoms with Crippen molar-refractivity contribution < 1.29 is 9.59 Å². The zero-order valence-corrected chi connectivity index (χ0v) is 17.8. The number of halogens is 2. The molecule has 0 bridgehead atoms. The van der Waals surface area contributed by atoms with Gasteiger partial charge in [-0.2, -0.15) is 0 Å². The Morgan fingerprint density at radius 1 is 1.30 bits per heavy atom. The highest BCUT2D eigenvalue weighted by molar-refractivity contribution is 5.85. The molecule has 156 valence electrons. The maximum Gasteiger partial charge on any atom is 0.312 e. The second-order valence-electron chi connectivity index (χ2n) is 7.08. The zero-order valence-electron chi connectivity index (χ0n) is 16.2. The molecule has 8 nitrogen and oxygen atoms in total. The van der Waals surface area contributed by atoms with Crippen LogP contribution in [0.25, 0.3) is 0 Å². The van der Waals surface area contributed by atoms with Gasteiger partial charge < -0.3 is 25.8 Å². The van der Waals surface area contributed by atoms with Gasteiger partial charge in [-0.05, 0) is 31.7 Å². The van der Waals surface area contributed by atoms with E-state index in [0.29, 0.717) is 11.8 Å². The summed E-state index contributed by atoms with van der Waals surface area (Å²) >= 11 is 0. The lowest BCUT2D eigenvalue weighted by Crippen LogP contribution is -2.47. The first-order chi connectivity index (χ1) is 11.9. The van der Waals surface area contributed by atoms with Gasteiger partial charge in [-0.25, -0.2) is 9.78 Å². The lowest BCUT2D eigenvalue weighted by atomic mass is 9.91. The molecule has 1 aliphatic rings. The van der Waals surface area contributed by atoms with E-state index in [1.165, 1.54) is 0 Å². The fourth-order valence-electron chi connectivity index (χ4n) is 3.45. The molecule has 1 aromatic rings. The monoisotopic (exact) mass is 422 g/mol. The highest BCUT2D eigenvalue weighted by Gasteiger charge is 2.35. The molecule has 3 amide bonds. The summed E-state index contributed by atoms with van der Waals surface area (Å²) in [5, 5.41) is 5.38. The number of aryl methyl sites for hydroxylation is 2. The average molecular weight is 423 g/mol. The van der Waals surface area contributed by atoms with Gasteiger partial charge >= 0.3 is 6.03 Å². The first-order valence-electron chi connectivity index (χ1n) is 8.89. The van der Waals surface area contributed by atoms with Crippen molar-refractivity contribution in [2.45, 2.75) is 39.8 Å². The fraction of sp³-hybridized carbons (Fsp3) is 0.706. The molecule has 2 atom stereocenters. The minimum Gasteiger partial charge on any atom is -0.352 e. The van der Waals surface area contributed by atoms with Crippen LogP contribution in [-0.2, 0) is 11.3 Å². The third kappa shape index (κ3) is 7.94. The van der Waals surface area contributed by atoms with Crippen molar-refractivity contribution in [3.63, 3.8) is 0 Å². The maximum absolute atomic E-state index is 12.0. The van der Waals surface area contributed by atoms with E-state index in [-0.39, 0.29) is 43.3 Å². The van der Waals surface area contributed by atoms with Crippen molar-refractivity contribution in [2.24, 2.45) is 17.6 Å². The molecule has 1 aliphatic heterocycles. The molecule has 4 N–H and O–H groups in total. The molecule has 0 spiro atoms. The van der Waals surface area contributed by atoms with Gasteiger partial charge in [0.2, 0.25) is 5.91 Å². The minimum absolute atomic E-state index is 0. The number of primary amides is 1. The third-order valence-corrected chi connectivity index (χ3v) is 4.86. The van der Waals surface area contributed by atoms with Crippen molar-refractivity contribution in [2.75, 3.05) is 26.2 Å². The molecule has 0 saturated carbocycles. The largest absolute Gasteiger partial charge is 0.352 e. The number of amides is 3. The summed E-state index contributed by atoms with van der Waals surface area (Å²) in [5.74, 6) is 1.74. The Labute approximate surface area is 173 Å². The van der Waals surface area contributed by atoms with Gasteiger partial charge in [0.05, 0.1) is 6.54 Å². The van der Waals surface area contributed by atoms with Crippen LogP contribution in [0.2, 0.25) is 0 Å². The maximum atomic E-state index is 12.0. The summed E-state index contributed by atoms with van der Waals surface area (Å²) in [6.45, 7) is 10.1. The first kappa shape index (κ1) is 25.5. The van der Waals surface area contributed by atoms with E-state index < -0.39 is 6.03 Å². The van der Waals surface area contributed by atoms with E-state index in [4.69, 9.17) is 5.73 Å². The minimum atomic E-state index is -0.682. The topological polar surface area (TPSA) is 105 Å². The molecule has 0 aromatic carbocycles. The number of carbonyl (C=O) groups is 2. The van der Waals surface area contributed by atoms with Crippen LogP contribution in [0.4, 0.5) is 4.79 Å². The smallest absolute Gasteiger partial charge is 0.312 e. The summed E-state index contributed by atoms with van der Waals surface area (Å²) in [6, 6.07) is -0.574. The number of urea groups is 1. The number of rotatable bonds is 8. The van der Waals surface area contributed by atoms with Crippen LogP contribution in [0.15, 0.2) is 12.4 Å². The molecule has 0 unspecified atom stereocenters. The molecule has 0 aliphatic carbocycles. The van der Waals surface area contributed by atoms with Gasteiger partial charge in [-0.15, -0.1) is 24.8 Å². The number of imidazole rings is 1. The van der Waals surface area contributed by atoms with Gasteiger partial charge in [0.25, 0.3) is 0 Å². The van der Waals surface area contributed by atoms with Crippen LogP contribution in [0.1, 0.15) is 26.1 Å². The zero-order chi connectivity index (χ0) is 18.4. The summed E-state index contributed by atoms with van der Waals surface area (Å²) in [4.78, 5) is 29.3. The van der Waals surface area contributed by atoms with Crippen molar-refractivity contribution in [1.82, 2.24) is 25.1 Å². The quantitative estimate of drug-likeness (QED) is 0.584. The molecule has 0 radical (unpaired) electrons. The lowest BCUT2D eigenvalue weighted by Gasteiger charge is -2.23. The van der Waals surface area contributed by atoms with Crippen LogP contribution in [0, 0.1) is 18.8 Å². The molecule has 2 rings (SSSR count). The molecular formula is C17H32Cl2N6O2. The standard InChI is InChI=1S/C17H30N6O2.2ClH/c1-12(2)14-10-22(6-4-7-23-8-5-19-13(23)3)11-15(14)21-16(24)9-20-17(18)25;;/h5,8,12,14-15H,4,6-7,9-11H2,1-3H3,(H,21,24)(H3,18,20,25);2*1H/t14-,15+;;/m1../s1. The molecule has 27 heavy (non-hydrogen) atoms. The number of aromatic nitrogens is 2. The van der Waals surface area contributed by atoms with Crippen molar-refractivity contribution >= 4 is 36.8 Å². The highest BCUT2D eigenvalue weighted by Crippen LogP contribution is 2.24. The number of hydrogen-bond acceptors (Lipinski definition) is 4. The molecule has 1 fully saturated rings. The Balaban J connectivity index is 0.00000338. The van der Waals surface area contributed by atoms with E-state index in [9.17, 15) is 9.59 Å². The molecule has 10 heteroatoms. The number of nitrogens with one attached hydrogen (secondary N) is 2. The van der Waals surface area contributed by atoms with E-state index >= 15 is 0 Å². The summed E-state index contributed by atoms with van der Waals surface area (Å²) in [6.07, 6.45) is 4.88. The molecule has 1 saturated heterocycles. The highest BCUT2D eigenvalue weighted by atomic mass is 35.5. The predicted octanol–water partition coefficient (Wildman–Crippen LogP) is 1.17. The van der Waals surface area contributed by atoms with Crippen molar-refractivity contribution in [3.05, 3.63) is 18.2 Å². The fourth-order valence-corrected chi connectivity index (χ4v) is 3.45. The summed E-state index contributed by atoms with van der Waals surface area (Å²) in [5.41, 5.74) is 5.01. The molecular weight excluding hydrogens is 391 g/mol. The van der Waals surface area contributed by atoms with Crippen LogP contribution < -0.4 is 16.4 Å². The Hall–Kier alpha value is -1.51. The van der Waals surface area contributed by atoms with Gasteiger partial charge in [0.15, 0.2) is 0 Å². The van der Waals surface area contributed by atoms with Crippen LogP contribution in [0.3, 0.4) is 0 Å². The second-order valence-corrected chi connectivity index (χ2v) is 7.08. The number of hydrogen-bond donors (Lipinski definition) is 3. The first-order valence-corrected chi connectivity index (χ1v) is 8.89. The third-order valence-electron chi connectivity index (χ3n) is 4.86. The Kier molecular flexibility index (Phi) is 11.4. The number of carbonyl (C=O) groups excluding carboxylic acids is 2. The van der Waals surface area contributed by atoms with E-state index in [1.807, 2.05) is 19.3 Å². The van der Waals surface area contributed by atoms with E-state index in [1.54, 1.807) is 0 Å². The van der Waals surface area contributed by atoms with Crippen LogP contribution >= 0.6 is 24.8 Å². The van der Waals surface area contributed by atoms with Gasteiger partial charge in [0, 0.05) is 38.1 Å². The Morgan fingerprint density at radius 2 is 2.00 bits per heavy atom. The second kappa shape index (κ2) is 12.0. The number of nitrogens with two attached hydrogens (primary N) is 1. The number of likely N-dealkylation sites (tertiary alicyclic amines) is 1. The summed E-state index contributed by atoms with van der Waals surface area (Å²) in [7, 11) is 0. The molecule has 1 aromatic heterocycles. The van der Waals surface area contributed by atoms with Crippen LogP contribution in [-0.4, -0.2) is 58.6 Å². The van der Waals surface area contributed by atoms with Gasteiger partial charge in [-0.3, -0.25) is 4.79 Å². The average Bonchev–Trinajstić information content (AvgIpc) is 3.12. The van der Waals surface area contributed by atoms with Crippen molar-refractivity contribution in [3.8, 4) is 0 Å². The van der Waals surface area contributed by atoms with Crippen molar-refractivity contribution in [1.29, 1.82) is 0 Å². The van der Waals surface area contributed by atoms with Gasteiger partial charge in [-0.1, -0.05) is 13.8 Å². The molecule has 2 heterocycles. The predicted molar refractivity (Wildman–Crippen MR) is 110 cm³/mol. The normalized spacial score (nSPS) is 19.3.